The van der Waals surface area contributed by atoms with E-state index in [0.29, 0.717) is 23.7 Å². The number of hydrogen-bond donors (Lipinski definition) is 2. The van der Waals surface area contributed by atoms with E-state index < -0.39 is 11.9 Å². The molecular formula is C14H17NO5. The van der Waals surface area contributed by atoms with Gasteiger partial charge >= 0.3 is 5.97 Å². The van der Waals surface area contributed by atoms with Crippen LogP contribution in [0, 0.1) is 0 Å². The summed E-state index contributed by atoms with van der Waals surface area (Å²) in [6.07, 6.45) is 1.33. The van der Waals surface area contributed by atoms with Crippen molar-refractivity contribution in [2.75, 3.05) is 13.7 Å². The maximum atomic E-state index is 11.1. The third-order valence-corrected chi connectivity index (χ3v) is 2.36. The number of nitrogens with one attached hydrogen (secondary N) is 1. The van der Waals surface area contributed by atoms with Crippen LogP contribution in [0.4, 0.5) is 0 Å². The number of carboxylic acid groups (broad SMARTS) is 1. The summed E-state index contributed by atoms with van der Waals surface area (Å²) in [6, 6.07) is 5.10. The summed E-state index contributed by atoms with van der Waals surface area (Å²) >= 11 is 0. The first-order chi connectivity index (χ1) is 9.49. The minimum Gasteiger partial charge on any atom is -0.493 e. The van der Waals surface area contributed by atoms with E-state index in [2.05, 4.69) is 5.32 Å². The lowest BCUT2D eigenvalue weighted by Crippen LogP contribution is -2.24. The molecule has 0 aliphatic rings. The molecule has 2 N–H and O–H groups in total. The van der Waals surface area contributed by atoms with Crippen LogP contribution in [0.25, 0.3) is 6.08 Å². The van der Waals surface area contributed by atoms with E-state index in [4.69, 9.17) is 14.6 Å². The van der Waals surface area contributed by atoms with Gasteiger partial charge in [0.25, 0.3) is 0 Å². The van der Waals surface area contributed by atoms with E-state index in [-0.39, 0.29) is 5.70 Å². The number of carbonyl (C=O) groups is 2. The highest BCUT2D eigenvalue weighted by molar-refractivity contribution is 5.96. The van der Waals surface area contributed by atoms with Gasteiger partial charge in [-0.3, -0.25) is 4.79 Å². The monoisotopic (exact) mass is 279 g/mol. The van der Waals surface area contributed by atoms with Crippen molar-refractivity contribution < 1.29 is 24.2 Å². The van der Waals surface area contributed by atoms with Gasteiger partial charge in [0, 0.05) is 12.5 Å². The molecule has 108 valence electrons. The van der Waals surface area contributed by atoms with Gasteiger partial charge in [-0.2, -0.15) is 0 Å². The van der Waals surface area contributed by atoms with Crippen LogP contribution in [0.15, 0.2) is 23.9 Å². The molecule has 0 atom stereocenters. The maximum absolute atomic E-state index is 11.1. The molecule has 1 aromatic rings. The second kappa shape index (κ2) is 7.18. The fourth-order valence-electron chi connectivity index (χ4n) is 1.60. The van der Waals surface area contributed by atoms with Crippen molar-refractivity contribution in [1.82, 2.24) is 5.32 Å². The summed E-state index contributed by atoms with van der Waals surface area (Å²) < 4.78 is 10.6. The van der Waals surface area contributed by atoms with Gasteiger partial charge in [-0.15, -0.1) is 0 Å². The van der Waals surface area contributed by atoms with Gasteiger partial charge in [0.2, 0.25) is 5.91 Å². The van der Waals surface area contributed by atoms with Crippen LogP contribution >= 0.6 is 0 Å². The molecule has 20 heavy (non-hydrogen) atoms. The first-order valence-corrected chi connectivity index (χ1v) is 6.02. The highest BCUT2D eigenvalue weighted by Crippen LogP contribution is 2.32. The summed E-state index contributed by atoms with van der Waals surface area (Å²) in [7, 11) is 1.50. The molecule has 0 fully saturated rings. The van der Waals surface area contributed by atoms with E-state index >= 15 is 0 Å². The van der Waals surface area contributed by atoms with Crippen LogP contribution in [0.1, 0.15) is 19.4 Å². The standard InChI is InChI=1S/C14H17NO5/c1-4-20-13-10(6-5-7-12(13)19-3)8-11(14(17)18)15-9(2)16/h5-8H,4H2,1-3H3,(H,15,16)(H,17,18)/b11-8+. The SMILES string of the molecule is CCOc1c(/C=C(/NC(C)=O)C(=O)O)cccc1OC. The van der Waals surface area contributed by atoms with Crippen LogP contribution in [0.3, 0.4) is 0 Å². The fourth-order valence-corrected chi connectivity index (χ4v) is 1.60. The van der Waals surface area contributed by atoms with Crippen LogP contribution in [0.2, 0.25) is 0 Å². The zero-order valence-corrected chi connectivity index (χ0v) is 11.6. The Kier molecular flexibility index (Phi) is 5.58. The Morgan fingerprint density at radius 2 is 2.10 bits per heavy atom. The van der Waals surface area contributed by atoms with Gasteiger partial charge in [-0.05, 0) is 19.1 Å². The molecule has 1 aromatic carbocycles. The number of aliphatic carboxylic acids is 1. The minimum atomic E-state index is -1.23. The lowest BCUT2D eigenvalue weighted by atomic mass is 10.1. The average Bonchev–Trinajstić information content (AvgIpc) is 2.39. The highest BCUT2D eigenvalue weighted by Gasteiger charge is 2.13. The van der Waals surface area contributed by atoms with Gasteiger partial charge in [0.05, 0.1) is 13.7 Å². The number of ether oxygens (including phenoxy) is 2. The fraction of sp³-hybridized carbons (Fsp3) is 0.286. The molecule has 0 saturated carbocycles. The first-order valence-electron chi connectivity index (χ1n) is 6.02. The molecule has 0 spiro atoms. The van der Waals surface area contributed by atoms with Crippen molar-refractivity contribution in [1.29, 1.82) is 0 Å². The zero-order chi connectivity index (χ0) is 15.1. The first kappa shape index (κ1) is 15.6. The maximum Gasteiger partial charge on any atom is 0.352 e. The summed E-state index contributed by atoms with van der Waals surface area (Å²) in [5.74, 6) is -0.764. The minimum absolute atomic E-state index is 0.230. The van der Waals surface area contributed by atoms with Crippen molar-refractivity contribution in [3.05, 3.63) is 29.5 Å². The van der Waals surface area contributed by atoms with E-state index in [1.807, 2.05) is 6.92 Å². The van der Waals surface area contributed by atoms with Gasteiger partial charge in [0.15, 0.2) is 11.5 Å². The quantitative estimate of drug-likeness (QED) is 0.773. The second-order valence-electron chi connectivity index (χ2n) is 3.86. The number of benzene rings is 1. The lowest BCUT2D eigenvalue weighted by molar-refractivity contribution is -0.134. The molecule has 6 heteroatoms. The lowest BCUT2D eigenvalue weighted by Gasteiger charge is -2.12. The van der Waals surface area contributed by atoms with Crippen LogP contribution in [-0.4, -0.2) is 30.7 Å². The molecule has 6 nitrogen and oxygen atoms in total. The Labute approximate surface area is 117 Å². The third kappa shape index (κ3) is 4.01. The Morgan fingerprint density at radius 3 is 2.60 bits per heavy atom. The average molecular weight is 279 g/mol. The molecule has 1 rings (SSSR count). The predicted molar refractivity (Wildman–Crippen MR) is 73.6 cm³/mol. The molecule has 0 aliphatic heterocycles. The molecule has 0 radical (unpaired) electrons. The van der Waals surface area contributed by atoms with Gasteiger partial charge in [-0.1, -0.05) is 12.1 Å². The van der Waals surface area contributed by atoms with Crippen molar-refractivity contribution in [3.8, 4) is 11.5 Å². The molecule has 0 bridgehead atoms. The van der Waals surface area contributed by atoms with Crippen LogP contribution < -0.4 is 14.8 Å². The van der Waals surface area contributed by atoms with Crippen molar-refractivity contribution in [3.63, 3.8) is 0 Å². The summed E-state index contributed by atoms with van der Waals surface area (Å²) in [6.45, 7) is 3.46. The topological polar surface area (TPSA) is 84.9 Å². The Balaban J connectivity index is 3.29. The Hall–Kier alpha value is -2.50. The van der Waals surface area contributed by atoms with Crippen LogP contribution in [-0.2, 0) is 9.59 Å². The summed E-state index contributed by atoms with van der Waals surface area (Å²) in [4.78, 5) is 22.1. The highest BCUT2D eigenvalue weighted by atomic mass is 16.5. The smallest absolute Gasteiger partial charge is 0.352 e. The normalized spacial score (nSPS) is 10.8. The molecular weight excluding hydrogens is 262 g/mol. The third-order valence-electron chi connectivity index (χ3n) is 2.36. The molecule has 1 amide bonds. The molecule has 0 saturated heterocycles. The number of carboxylic acids is 1. The number of para-hydroxylation sites is 1. The molecule has 0 heterocycles. The van der Waals surface area contributed by atoms with E-state index in [1.165, 1.54) is 20.1 Å². The van der Waals surface area contributed by atoms with Gasteiger partial charge in [-0.25, -0.2) is 4.79 Å². The molecule has 0 unspecified atom stereocenters. The number of hydrogen-bond acceptors (Lipinski definition) is 4. The molecule has 0 aromatic heterocycles. The van der Waals surface area contributed by atoms with Gasteiger partial charge < -0.3 is 19.9 Å². The largest absolute Gasteiger partial charge is 0.493 e. The summed E-state index contributed by atoms with van der Waals surface area (Å²) in [5, 5.41) is 11.3. The number of carbonyl (C=O) groups excluding carboxylic acids is 1. The van der Waals surface area contributed by atoms with E-state index in [1.54, 1.807) is 18.2 Å². The zero-order valence-electron chi connectivity index (χ0n) is 11.6. The molecule has 0 aliphatic carbocycles. The summed E-state index contributed by atoms with van der Waals surface area (Å²) in [5.41, 5.74) is 0.282. The van der Waals surface area contributed by atoms with Gasteiger partial charge in [0.1, 0.15) is 5.70 Å². The number of amides is 1. The van der Waals surface area contributed by atoms with Crippen LogP contribution in [0.5, 0.6) is 11.5 Å². The van der Waals surface area contributed by atoms with Crippen molar-refractivity contribution in [2.45, 2.75) is 13.8 Å². The van der Waals surface area contributed by atoms with Crippen molar-refractivity contribution >= 4 is 18.0 Å². The Morgan fingerprint density at radius 1 is 1.40 bits per heavy atom. The number of rotatable bonds is 6. The van der Waals surface area contributed by atoms with E-state index in [0.717, 1.165) is 0 Å². The second-order valence-corrected chi connectivity index (χ2v) is 3.86. The number of methoxy groups -OCH3 is 1. The van der Waals surface area contributed by atoms with Crippen molar-refractivity contribution in [2.24, 2.45) is 0 Å². The predicted octanol–water partition coefficient (Wildman–Crippen LogP) is 1.66. The van der Waals surface area contributed by atoms with E-state index in [9.17, 15) is 9.59 Å². The Bertz CT molecular complexity index is 536.